The standard InChI is InChI=1S/C17H24N2O2/c1-17(2)10-13-9-14(4-5-15(13)21-17)19-16(20)6-3-12-7-8-18-11-12/h4-5,9,12,18H,3,6-8,10-11H2,1-2H3,(H,19,20). The van der Waals surface area contributed by atoms with Crippen LogP contribution in [-0.2, 0) is 11.2 Å². The Morgan fingerprint density at radius 2 is 2.33 bits per heavy atom. The normalized spacial score (nSPS) is 22.7. The average molecular weight is 288 g/mol. The molecule has 0 bridgehead atoms. The van der Waals surface area contributed by atoms with E-state index in [1.807, 2.05) is 18.2 Å². The number of amides is 1. The van der Waals surface area contributed by atoms with E-state index in [-0.39, 0.29) is 11.5 Å². The van der Waals surface area contributed by atoms with Gasteiger partial charge in [-0.2, -0.15) is 0 Å². The molecule has 1 aromatic carbocycles. The first-order valence-corrected chi connectivity index (χ1v) is 7.84. The summed E-state index contributed by atoms with van der Waals surface area (Å²) in [6.07, 6.45) is 3.66. The number of nitrogens with one attached hydrogen (secondary N) is 2. The Bertz CT molecular complexity index is 534. The van der Waals surface area contributed by atoms with Gasteiger partial charge in [0, 0.05) is 24.1 Å². The van der Waals surface area contributed by atoms with Gasteiger partial charge in [0.15, 0.2) is 0 Å². The zero-order chi connectivity index (χ0) is 14.9. The molecule has 0 aliphatic carbocycles. The van der Waals surface area contributed by atoms with Gasteiger partial charge in [0.05, 0.1) is 0 Å². The first kappa shape index (κ1) is 14.4. The van der Waals surface area contributed by atoms with E-state index in [1.165, 1.54) is 12.0 Å². The summed E-state index contributed by atoms with van der Waals surface area (Å²) in [6.45, 7) is 6.31. The maximum atomic E-state index is 12.0. The predicted octanol–water partition coefficient (Wildman–Crippen LogP) is 2.73. The quantitative estimate of drug-likeness (QED) is 0.895. The van der Waals surface area contributed by atoms with Crippen LogP contribution in [0.5, 0.6) is 5.75 Å². The molecule has 1 saturated heterocycles. The second kappa shape index (κ2) is 5.68. The summed E-state index contributed by atoms with van der Waals surface area (Å²) >= 11 is 0. The second-order valence-corrected chi connectivity index (χ2v) is 6.81. The number of ether oxygens (including phenoxy) is 1. The van der Waals surface area contributed by atoms with E-state index in [1.54, 1.807) is 0 Å². The lowest BCUT2D eigenvalue weighted by Crippen LogP contribution is -2.24. The summed E-state index contributed by atoms with van der Waals surface area (Å²) < 4.78 is 5.85. The Morgan fingerprint density at radius 1 is 1.48 bits per heavy atom. The van der Waals surface area contributed by atoms with Gasteiger partial charge in [-0.05, 0) is 63.9 Å². The van der Waals surface area contributed by atoms with E-state index in [9.17, 15) is 4.79 Å². The molecular formula is C17H24N2O2. The molecule has 1 amide bonds. The van der Waals surface area contributed by atoms with Crippen LogP contribution in [0.15, 0.2) is 18.2 Å². The minimum Gasteiger partial charge on any atom is -0.487 e. The van der Waals surface area contributed by atoms with Gasteiger partial charge in [-0.3, -0.25) is 4.79 Å². The van der Waals surface area contributed by atoms with E-state index in [2.05, 4.69) is 24.5 Å². The van der Waals surface area contributed by atoms with E-state index < -0.39 is 0 Å². The van der Waals surface area contributed by atoms with Crippen LogP contribution in [0.25, 0.3) is 0 Å². The first-order valence-electron chi connectivity index (χ1n) is 7.84. The van der Waals surface area contributed by atoms with Crippen molar-refractivity contribution in [3.05, 3.63) is 23.8 Å². The summed E-state index contributed by atoms with van der Waals surface area (Å²) in [5.41, 5.74) is 1.92. The van der Waals surface area contributed by atoms with E-state index >= 15 is 0 Å². The molecule has 4 nitrogen and oxygen atoms in total. The highest BCUT2D eigenvalue weighted by molar-refractivity contribution is 5.90. The van der Waals surface area contributed by atoms with Gasteiger partial charge in [-0.25, -0.2) is 0 Å². The third-order valence-electron chi connectivity index (χ3n) is 4.29. The third kappa shape index (κ3) is 3.56. The number of carbonyl (C=O) groups excluding carboxylic acids is 1. The number of hydrogen-bond donors (Lipinski definition) is 2. The van der Waals surface area contributed by atoms with Crippen molar-refractivity contribution in [2.75, 3.05) is 18.4 Å². The number of rotatable bonds is 4. The molecule has 21 heavy (non-hydrogen) atoms. The molecule has 4 heteroatoms. The molecule has 1 atom stereocenters. The zero-order valence-corrected chi connectivity index (χ0v) is 12.9. The van der Waals surface area contributed by atoms with Gasteiger partial charge < -0.3 is 15.4 Å². The Balaban J connectivity index is 1.54. The fraction of sp³-hybridized carbons (Fsp3) is 0.588. The van der Waals surface area contributed by atoms with Crippen molar-refractivity contribution < 1.29 is 9.53 Å². The highest BCUT2D eigenvalue weighted by Crippen LogP contribution is 2.36. The molecule has 1 unspecified atom stereocenters. The van der Waals surface area contributed by atoms with E-state index in [0.29, 0.717) is 12.3 Å². The third-order valence-corrected chi connectivity index (χ3v) is 4.29. The maximum Gasteiger partial charge on any atom is 0.224 e. The molecule has 3 rings (SSSR count). The van der Waals surface area contributed by atoms with Crippen LogP contribution in [-0.4, -0.2) is 24.6 Å². The number of benzene rings is 1. The van der Waals surface area contributed by atoms with Gasteiger partial charge in [0.25, 0.3) is 0 Å². The maximum absolute atomic E-state index is 12.0. The Labute approximate surface area is 126 Å². The highest BCUT2D eigenvalue weighted by atomic mass is 16.5. The van der Waals surface area contributed by atoms with Crippen molar-refractivity contribution in [3.8, 4) is 5.75 Å². The summed E-state index contributed by atoms with van der Waals surface area (Å²) in [5.74, 6) is 1.71. The van der Waals surface area contributed by atoms with Crippen LogP contribution in [0.1, 0.15) is 38.7 Å². The zero-order valence-electron chi connectivity index (χ0n) is 12.9. The number of anilines is 1. The minimum atomic E-state index is -0.138. The fourth-order valence-electron chi connectivity index (χ4n) is 3.21. The number of carbonyl (C=O) groups is 1. The lowest BCUT2D eigenvalue weighted by atomic mass is 10.0. The van der Waals surface area contributed by atoms with Gasteiger partial charge >= 0.3 is 0 Å². The summed E-state index contributed by atoms with van der Waals surface area (Å²) in [5, 5.41) is 6.34. The lowest BCUT2D eigenvalue weighted by Gasteiger charge is -2.16. The SMILES string of the molecule is CC1(C)Cc2cc(NC(=O)CCC3CCNC3)ccc2O1. The fourth-order valence-corrected chi connectivity index (χ4v) is 3.21. The van der Waals surface area contributed by atoms with Gasteiger partial charge in [-0.1, -0.05) is 0 Å². The molecule has 2 aliphatic heterocycles. The molecule has 1 fully saturated rings. The van der Waals surface area contributed by atoms with E-state index in [4.69, 9.17) is 4.74 Å². The van der Waals surface area contributed by atoms with Crippen LogP contribution in [0.3, 0.4) is 0 Å². The molecule has 2 aliphatic rings. The van der Waals surface area contributed by atoms with Crippen molar-refractivity contribution in [2.45, 2.75) is 45.1 Å². The van der Waals surface area contributed by atoms with Gasteiger partial charge in [-0.15, -0.1) is 0 Å². The summed E-state index contributed by atoms with van der Waals surface area (Å²) in [7, 11) is 0. The van der Waals surface area contributed by atoms with Crippen LogP contribution in [0, 0.1) is 5.92 Å². The largest absolute Gasteiger partial charge is 0.487 e. The summed E-state index contributed by atoms with van der Waals surface area (Å²) in [6, 6.07) is 5.93. The van der Waals surface area contributed by atoms with Crippen LogP contribution < -0.4 is 15.4 Å². The van der Waals surface area contributed by atoms with E-state index in [0.717, 1.165) is 37.4 Å². The van der Waals surface area contributed by atoms with Gasteiger partial charge in [0.2, 0.25) is 5.91 Å². The molecule has 0 saturated carbocycles. The van der Waals surface area contributed by atoms with Crippen molar-refractivity contribution >= 4 is 11.6 Å². The van der Waals surface area contributed by atoms with Crippen molar-refractivity contribution in [1.82, 2.24) is 5.32 Å². The molecule has 0 radical (unpaired) electrons. The smallest absolute Gasteiger partial charge is 0.224 e. The number of fused-ring (bicyclic) bond motifs is 1. The molecular weight excluding hydrogens is 264 g/mol. The van der Waals surface area contributed by atoms with Crippen molar-refractivity contribution in [2.24, 2.45) is 5.92 Å². The Kier molecular flexibility index (Phi) is 3.89. The van der Waals surface area contributed by atoms with Gasteiger partial charge in [0.1, 0.15) is 11.4 Å². The predicted molar refractivity (Wildman–Crippen MR) is 83.7 cm³/mol. The minimum absolute atomic E-state index is 0.111. The van der Waals surface area contributed by atoms with Crippen LogP contribution in [0.4, 0.5) is 5.69 Å². The molecule has 2 N–H and O–H groups in total. The molecule has 1 aromatic rings. The number of hydrogen-bond acceptors (Lipinski definition) is 3. The van der Waals surface area contributed by atoms with Crippen LogP contribution in [0.2, 0.25) is 0 Å². The summed E-state index contributed by atoms with van der Waals surface area (Å²) in [4.78, 5) is 12.0. The monoisotopic (exact) mass is 288 g/mol. The van der Waals surface area contributed by atoms with Crippen molar-refractivity contribution in [3.63, 3.8) is 0 Å². The van der Waals surface area contributed by atoms with Crippen molar-refractivity contribution in [1.29, 1.82) is 0 Å². The Hall–Kier alpha value is -1.55. The second-order valence-electron chi connectivity index (χ2n) is 6.81. The lowest BCUT2D eigenvalue weighted by molar-refractivity contribution is -0.116. The molecule has 0 spiro atoms. The molecule has 2 heterocycles. The Morgan fingerprint density at radius 3 is 3.10 bits per heavy atom. The average Bonchev–Trinajstić information content (AvgIpc) is 3.01. The molecule has 0 aromatic heterocycles. The first-order chi connectivity index (χ1) is 10.0. The van der Waals surface area contributed by atoms with Crippen LogP contribution >= 0.6 is 0 Å². The highest BCUT2D eigenvalue weighted by Gasteiger charge is 2.30. The topological polar surface area (TPSA) is 50.4 Å². The molecule has 114 valence electrons.